The van der Waals surface area contributed by atoms with Crippen LogP contribution in [0.3, 0.4) is 0 Å². The van der Waals surface area contributed by atoms with E-state index in [1.165, 1.54) is 0 Å². The highest BCUT2D eigenvalue weighted by molar-refractivity contribution is 5.73. The highest BCUT2D eigenvalue weighted by Gasteiger charge is 2.06. The second kappa shape index (κ2) is 7.33. The third-order valence-corrected chi connectivity index (χ3v) is 2.96. The van der Waals surface area contributed by atoms with Gasteiger partial charge in [0.15, 0.2) is 0 Å². The van der Waals surface area contributed by atoms with E-state index in [1.54, 1.807) is 6.20 Å². The maximum Gasteiger partial charge on any atom is 0.315 e. The van der Waals surface area contributed by atoms with Crippen molar-refractivity contribution in [2.24, 2.45) is 5.92 Å². The van der Waals surface area contributed by atoms with E-state index in [4.69, 9.17) is 0 Å². The molecule has 5 heteroatoms. The Bertz CT molecular complexity index is 510. The summed E-state index contributed by atoms with van der Waals surface area (Å²) in [6.07, 6.45) is 3.68. The van der Waals surface area contributed by atoms with Gasteiger partial charge in [0, 0.05) is 32.0 Å². The third-order valence-electron chi connectivity index (χ3n) is 2.96. The Morgan fingerprint density at radius 2 is 2.05 bits per heavy atom. The number of benzene rings is 1. The minimum absolute atomic E-state index is 0.138. The lowest BCUT2D eigenvalue weighted by Crippen LogP contribution is -2.38. The van der Waals surface area contributed by atoms with Crippen LogP contribution in [0, 0.1) is 5.92 Å². The largest absolute Gasteiger partial charge is 0.338 e. The van der Waals surface area contributed by atoms with Crippen LogP contribution in [-0.4, -0.2) is 22.4 Å². The summed E-state index contributed by atoms with van der Waals surface area (Å²) in [6.45, 7) is 4.05. The Morgan fingerprint density at radius 1 is 1.25 bits per heavy atom. The summed E-state index contributed by atoms with van der Waals surface area (Å²) in [5, 5.41) is 9.86. The van der Waals surface area contributed by atoms with Crippen LogP contribution in [0.2, 0.25) is 0 Å². The number of hydrogen-bond donors (Lipinski definition) is 2. The molecule has 0 bridgehead atoms. The van der Waals surface area contributed by atoms with Crippen LogP contribution < -0.4 is 10.6 Å². The van der Waals surface area contributed by atoms with Crippen LogP contribution in [0.1, 0.15) is 12.5 Å². The van der Waals surface area contributed by atoms with Gasteiger partial charge in [0.25, 0.3) is 0 Å². The third kappa shape index (κ3) is 4.76. The number of amides is 2. The summed E-state index contributed by atoms with van der Waals surface area (Å²) in [4.78, 5) is 11.7. The monoisotopic (exact) mass is 272 g/mol. The fourth-order valence-corrected chi connectivity index (χ4v) is 1.90. The van der Waals surface area contributed by atoms with Crippen LogP contribution in [0.5, 0.6) is 0 Å². The van der Waals surface area contributed by atoms with E-state index in [1.807, 2.05) is 47.3 Å². The number of nitrogens with one attached hydrogen (secondary N) is 2. The van der Waals surface area contributed by atoms with Crippen molar-refractivity contribution >= 4 is 6.03 Å². The smallest absolute Gasteiger partial charge is 0.315 e. The van der Waals surface area contributed by atoms with Crippen molar-refractivity contribution in [1.82, 2.24) is 20.4 Å². The summed E-state index contributed by atoms with van der Waals surface area (Å²) in [5.74, 6) is 0.331. The molecule has 2 N–H and O–H groups in total. The summed E-state index contributed by atoms with van der Waals surface area (Å²) in [6, 6.07) is 11.6. The Balaban J connectivity index is 1.64. The maximum atomic E-state index is 11.7. The first-order valence-corrected chi connectivity index (χ1v) is 6.77. The SMILES string of the molecule is CC(CNC(=O)NCc1ccccc1)Cn1cccn1. The van der Waals surface area contributed by atoms with Gasteiger partial charge in [-0.25, -0.2) is 4.79 Å². The quantitative estimate of drug-likeness (QED) is 0.845. The van der Waals surface area contributed by atoms with Gasteiger partial charge >= 0.3 is 6.03 Å². The standard InChI is InChI=1S/C15H20N4O/c1-13(12-19-9-5-8-18-19)10-16-15(20)17-11-14-6-3-2-4-7-14/h2-9,13H,10-12H2,1H3,(H2,16,17,20). The minimum Gasteiger partial charge on any atom is -0.338 e. The predicted octanol–water partition coefficient (Wildman–Crippen LogP) is 2.02. The topological polar surface area (TPSA) is 59.0 Å². The van der Waals surface area contributed by atoms with Crippen LogP contribution in [0.4, 0.5) is 4.79 Å². The lowest BCUT2D eigenvalue weighted by molar-refractivity contribution is 0.238. The Hall–Kier alpha value is -2.30. The van der Waals surface area contributed by atoms with Gasteiger partial charge in [0.05, 0.1) is 0 Å². The van der Waals surface area contributed by atoms with Crippen molar-refractivity contribution in [2.45, 2.75) is 20.0 Å². The molecule has 1 aromatic carbocycles. The Morgan fingerprint density at radius 3 is 2.75 bits per heavy atom. The van der Waals surface area contributed by atoms with Gasteiger partial charge in [-0.1, -0.05) is 37.3 Å². The fraction of sp³-hybridized carbons (Fsp3) is 0.333. The average molecular weight is 272 g/mol. The van der Waals surface area contributed by atoms with E-state index in [-0.39, 0.29) is 6.03 Å². The second-order valence-corrected chi connectivity index (χ2v) is 4.88. The molecule has 2 aromatic rings. The molecule has 20 heavy (non-hydrogen) atoms. The van der Waals surface area contributed by atoms with E-state index >= 15 is 0 Å². The molecule has 0 fully saturated rings. The molecule has 1 aromatic heterocycles. The number of carbonyl (C=O) groups excluding carboxylic acids is 1. The molecule has 2 rings (SSSR count). The molecular weight excluding hydrogens is 252 g/mol. The van der Waals surface area contributed by atoms with Crippen molar-refractivity contribution in [2.75, 3.05) is 6.54 Å². The van der Waals surface area contributed by atoms with Crippen molar-refractivity contribution in [1.29, 1.82) is 0 Å². The average Bonchev–Trinajstić information content (AvgIpc) is 2.97. The van der Waals surface area contributed by atoms with Crippen molar-refractivity contribution < 1.29 is 4.79 Å². The van der Waals surface area contributed by atoms with E-state index in [9.17, 15) is 4.79 Å². The zero-order valence-corrected chi connectivity index (χ0v) is 11.6. The number of aromatic nitrogens is 2. The van der Waals surface area contributed by atoms with Crippen LogP contribution in [0.15, 0.2) is 48.8 Å². The molecular formula is C15H20N4O. The van der Waals surface area contributed by atoms with Gasteiger partial charge in [-0.2, -0.15) is 5.10 Å². The van der Waals surface area contributed by atoms with Gasteiger partial charge in [0.1, 0.15) is 0 Å². The lowest BCUT2D eigenvalue weighted by atomic mass is 10.2. The second-order valence-electron chi connectivity index (χ2n) is 4.88. The highest BCUT2D eigenvalue weighted by Crippen LogP contribution is 1.99. The van der Waals surface area contributed by atoms with E-state index in [0.717, 1.165) is 12.1 Å². The van der Waals surface area contributed by atoms with Crippen molar-refractivity contribution in [3.63, 3.8) is 0 Å². The van der Waals surface area contributed by atoms with Crippen LogP contribution in [-0.2, 0) is 13.1 Å². The molecule has 0 radical (unpaired) electrons. The Labute approximate surface area is 119 Å². The van der Waals surface area contributed by atoms with Crippen molar-refractivity contribution in [3.8, 4) is 0 Å². The molecule has 106 valence electrons. The van der Waals surface area contributed by atoms with Gasteiger partial charge in [-0.05, 0) is 17.5 Å². The number of urea groups is 1. The zero-order chi connectivity index (χ0) is 14.2. The molecule has 1 heterocycles. The van der Waals surface area contributed by atoms with E-state index in [2.05, 4.69) is 22.7 Å². The van der Waals surface area contributed by atoms with Gasteiger partial charge in [-0.3, -0.25) is 4.68 Å². The fourth-order valence-electron chi connectivity index (χ4n) is 1.90. The minimum atomic E-state index is -0.138. The first-order chi connectivity index (χ1) is 9.74. The lowest BCUT2D eigenvalue weighted by Gasteiger charge is -2.13. The number of carbonyl (C=O) groups is 1. The van der Waals surface area contributed by atoms with Crippen molar-refractivity contribution in [3.05, 3.63) is 54.4 Å². The summed E-state index contributed by atoms with van der Waals surface area (Å²) in [7, 11) is 0. The van der Waals surface area contributed by atoms with Gasteiger partial charge in [0.2, 0.25) is 0 Å². The molecule has 0 saturated carbocycles. The van der Waals surface area contributed by atoms with E-state index < -0.39 is 0 Å². The summed E-state index contributed by atoms with van der Waals surface area (Å²) in [5.41, 5.74) is 1.09. The summed E-state index contributed by atoms with van der Waals surface area (Å²) < 4.78 is 1.87. The molecule has 5 nitrogen and oxygen atoms in total. The predicted molar refractivity (Wildman–Crippen MR) is 78.1 cm³/mol. The van der Waals surface area contributed by atoms with Gasteiger partial charge < -0.3 is 10.6 Å². The number of hydrogen-bond acceptors (Lipinski definition) is 2. The molecule has 0 aliphatic rings. The number of nitrogens with zero attached hydrogens (tertiary/aromatic N) is 2. The normalized spacial score (nSPS) is 11.8. The maximum absolute atomic E-state index is 11.7. The first-order valence-electron chi connectivity index (χ1n) is 6.77. The number of rotatable bonds is 6. The van der Waals surface area contributed by atoms with Gasteiger partial charge in [-0.15, -0.1) is 0 Å². The molecule has 1 atom stereocenters. The Kier molecular flexibility index (Phi) is 5.17. The molecule has 2 amide bonds. The molecule has 1 unspecified atom stereocenters. The molecule has 0 spiro atoms. The molecule has 0 aliphatic heterocycles. The first kappa shape index (κ1) is 14.1. The van der Waals surface area contributed by atoms with Crippen LogP contribution in [0.25, 0.3) is 0 Å². The van der Waals surface area contributed by atoms with Crippen LogP contribution >= 0.6 is 0 Å². The summed E-state index contributed by atoms with van der Waals surface area (Å²) >= 11 is 0. The highest BCUT2D eigenvalue weighted by atomic mass is 16.2. The zero-order valence-electron chi connectivity index (χ0n) is 11.6. The molecule has 0 saturated heterocycles. The molecule has 0 aliphatic carbocycles. The van der Waals surface area contributed by atoms with E-state index in [0.29, 0.717) is 19.0 Å².